The van der Waals surface area contributed by atoms with E-state index in [-0.39, 0.29) is 6.04 Å². The molecule has 1 aromatic rings. The highest BCUT2D eigenvalue weighted by Crippen LogP contribution is 2.14. The molecule has 1 rings (SSSR count). The quantitative estimate of drug-likeness (QED) is 0.877. The van der Waals surface area contributed by atoms with E-state index in [9.17, 15) is 4.21 Å². The van der Waals surface area contributed by atoms with Gasteiger partial charge in [-0.2, -0.15) is 0 Å². The van der Waals surface area contributed by atoms with E-state index in [2.05, 4.69) is 22.9 Å². The van der Waals surface area contributed by atoms with Crippen molar-refractivity contribution in [1.29, 1.82) is 0 Å². The number of rotatable bonds is 6. The molecule has 2 unspecified atom stereocenters. The third-order valence-electron chi connectivity index (χ3n) is 2.51. The molecule has 90 valence electrons. The first-order valence-corrected chi connectivity index (χ1v) is 7.64. The molecule has 0 saturated heterocycles. The second-order valence-corrected chi connectivity index (χ2v) is 6.30. The standard InChI is InChI=1S/C12H18BrNOS/c1-2-11(14)4-3-9-16(15)12-7-5-10(13)6-8-12/h5-8,11H,2-4,9,14H2,1H3. The molecule has 16 heavy (non-hydrogen) atoms. The molecule has 1 aromatic carbocycles. The average Bonchev–Trinajstić information content (AvgIpc) is 2.29. The minimum Gasteiger partial charge on any atom is -0.328 e. The van der Waals surface area contributed by atoms with Crippen LogP contribution in [0, 0.1) is 0 Å². The average molecular weight is 304 g/mol. The van der Waals surface area contributed by atoms with Crippen LogP contribution in [-0.4, -0.2) is 16.0 Å². The van der Waals surface area contributed by atoms with E-state index in [1.165, 1.54) is 0 Å². The minimum absolute atomic E-state index is 0.252. The van der Waals surface area contributed by atoms with Crippen molar-refractivity contribution in [1.82, 2.24) is 0 Å². The number of halogens is 1. The Morgan fingerprint density at radius 3 is 2.56 bits per heavy atom. The van der Waals surface area contributed by atoms with Crippen molar-refractivity contribution >= 4 is 26.7 Å². The van der Waals surface area contributed by atoms with E-state index in [1.807, 2.05) is 24.3 Å². The molecule has 0 fully saturated rings. The van der Waals surface area contributed by atoms with Crippen LogP contribution >= 0.6 is 15.9 Å². The molecule has 0 aliphatic carbocycles. The van der Waals surface area contributed by atoms with Crippen molar-refractivity contribution in [2.24, 2.45) is 5.73 Å². The lowest BCUT2D eigenvalue weighted by Gasteiger charge is -2.07. The van der Waals surface area contributed by atoms with Gasteiger partial charge in [0.25, 0.3) is 0 Å². The summed E-state index contributed by atoms with van der Waals surface area (Å²) in [5.41, 5.74) is 5.81. The summed E-state index contributed by atoms with van der Waals surface area (Å²) in [6.45, 7) is 2.08. The van der Waals surface area contributed by atoms with Crippen molar-refractivity contribution in [3.05, 3.63) is 28.7 Å². The summed E-state index contributed by atoms with van der Waals surface area (Å²) in [6, 6.07) is 7.90. The lowest BCUT2D eigenvalue weighted by molar-refractivity contribution is 0.586. The molecule has 0 radical (unpaired) electrons. The Bertz CT molecular complexity index is 339. The van der Waals surface area contributed by atoms with Crippen LogP contribution in [0.15, 0.2) is 33.6 Å². The van der Waals surface area contributed by atoms with E-state index in [1.54, 1.807) is 0 Å². The first kappa shape index (κ1) is 13.9. The Morgan fingerprint density at radius 2 is 2.00 bits per heavy atom. The third-order valence-corrected chi connectivity index (χ3v) is 4.49. The normalized spacial score (nSPS) is 14.7. The van der Waals surface area contributed by atoms with Gasteiger partial charge in [-0.15, -0.1) is 0 Å². The van der Waals surface area contributed by atoms with Gasteiger partial charge in [0, 0.05) is 21.2 Å². The fraction of sp³-hybridized carbons (Fsp3) is 0.500. The third kappa shape index (κ3) is 4.76. The maximum Gasteiger partial charge on any atom is 0.0529 e. The first-order valence-electron chi connectivity index (χ1n) is 5.53. The van der Waals surface area contributed by atoms with Gasteiger partial charge in [-0.3, -0.25) is 4.21 Å². The summed E-state index contributed by atoms with van der Waals surface area (Å²) in [6.07, 6.45) is 2.88. The van der Waals surface area contributed by atoms with Crippen LogP contribution in [0.25, 0.3) is 0 Å². The molecule has 2 nitrogen and oxygen atoms in total. The molecule has 2 N–H and O–H groups in total. The molecule has 0 aliphatic heterocycles. The van der Waals surface area contributed by atoms with Gasteiger partial charge in [0.05, 0.1) is 10.8 Å². The Morgan fingerprint density at radius 1 is 1.38 bits per heavy atom. The van der Waals surface area contributed by atoms with E-state index < -0.39 is 10.8 Å². The molecule has 0 heterocycles. The Balaban J connectivity index is 2.38. The van der Waals surface area contributed by atoms with Crippen LogP contribution in [0.1, 0.15) is 26.2 Å². The van der Waals surface area contributed by atoms with E-state index in [0.717, 1.165) is 28.6 Å². The fourth-order valence-corrected chi connectivity index (χ4v) is 2.75. The highest BCUT2D eigenvalue weighted by molar-refractivity contribution is 9.10. The van der Waals surface area contributed by atoms with E-state index in [0.29, 0.717) is 5.75 Å². The van der Waals surface area contributed by atoms with Gasteiger partial charge in [-0.25, -0.2) is 0 Å². The van der Waals surface area contributed by atoms with Crippen molar-refractivity contribution in [3.8, 4) is 0 Å². The lowest BCUT2D eigenvalue weighted by atomic mass is 10.1. The van der Waals surface area contributed by atoms with Gasteiger partial charge in [0.1, 0.15) is 0 Å². The second-order valence-electron chi connectivity index (χ2n) is 3.81. The smallest absolute Gasteiger partial charge is 0.0529 e. The van der Waals surface area contributed by atoms with Crippen molar-refractivity contribution in [2.45, 2.75) is 37.1 Å². The van der Waals surface area contributed by atoms with Gasteiger partial charge < -0.3 is 5.73 Å². The second kappa shape index (κ2) is 7.20. The van der Waals surface area contributed by atoms with E-state index >= 15 is 0 Å². The van der Waals surface area contributed by atoms with Gasteiger partial charge in [-0.1, -0.05) is 22.9 Å². The number of hydrogen-bond donors (Lipinski definition) is 1. The predicted octanol–water partition coefficient (Wildman–Crippen LogP) is 3.07. The zero-order chi connectivity index (χ0) is 12.0. The molecule has 2 atom stereocenters. The minimum atomic E-state index is -0.886. The topological polar surface area (TPSA) is 43.1 Å². The molecule has 0 saturated carbocycles. The summed E-state index contributed by atoms with van der Waals surface area (Å²) in [4.78, 5) is 0.897. The SMILES string of the molecule is CCC(N)CCCS(=O)c1ccc(Br)cc1. The van der Waals surface area contributed by atoms with Crippen LogP contribution in [0.3, 0.4) is 0 Å². The van der Waals surface area contributed by atoms with Gasteiger partial charge in [-0.05, 0) is 43.5 Å². The Hall–Kier alpha value is -0.190. The van der Waals surface area contributed by atoms with Gasteiger partial charge >= 0.3 is 0 Å². The molecule has 0 aliphatic rings. The zero-order valence-corrected chi connectivity index (χ0v) is 11.9. The van der Waals surface area contributed by atoms with E-state index in [4.69, 9.17) is 5.73 Å². The van der Waals surface area contributed by atoms with Crippen molar-refractivity contribution < 1.29 is 4.21 Å². The fourth-order valence-electron chi connectivity index (χ4n) is 1.38. The monoisotopic (exact) mass is 303 g/mol. The first-order chi connectivity index (χ1) is 7.63. The Labute approximate surface area is 108 Å². The highest BCUT2D eigenvalue weighted by atomic mass is 79.9. The summed E-state index contributed by atoms with van der Waals surface area (Å²) in [5, 5.41) is 0. The summed E-state index contributed by atoms with van der Waals surface area (Å²) >= 11 is 3.36. The molecule has 4 heteroatoms. The van der Waals surface area contributed by atoms with Crippen LogP contribution in [0.2, 0.25) is 0 Å². The molecule has 0 aromatic heterocycles. The zero-order valence-electron chi connectivity index (χ0n) is 9.49. The largest absolute Gasteiger partial charge is 0.328 e. The maximum atomic E-state index is 11.9. The van der Waals surface area contributed by atoms with Crippen LogP contribution in [0.5, 0.6) is 0 Å². The molecular weight excluding hydrogens is 286 g/mol. The molecule has 0 spiro atoms. The van der Waals surface area contributed by atoms with Gasteiger partial charge in [0.2, 0.25) is 0 Å². The number of benzene rings is 1. The molecule has 0 amide bonds. The summed E-state index contributed by atoms with van der Waals surface area (Å²) in [5.74, 6) is 0.704. The number of nitrogens with two attached hydrogens (primary N) is 1. The van der Waals surface area contributed by atoms with Crippen LogP contribution in [0.4, 0.5) is 0 Å². The number of hydrogen-bond acceptors (Lipinski definition) is 2. The summed E-state index contributed by atoms with van der Waals surface area (Å²) in [7, 11) is -0.886. The van der Waals surface area contributed by atoms with Crippen LogP contribution < -0.4 is 5.73 Å². The maximum absolute atomic E-state index is 11.9. The van der Waals surface area contributed by atoms with Crippen LogP contribution in [-0.2, 0) is 10.8 Å². The molecule has 0 bridgehead atoms. The highest BCUT2D eigenvalue weighted by Gasteiger charge is 2.05. The van der Waals surface area contributed by atoms with Crippen molar-refractivity contribution in [3.63, 3.8) is 0 Å². The molecular formula is C12H18BrNOS. The van der Waals surface area contributed by atoms with Crippen molar-refractivity contribution in [2.75, 3.05) is 5.75 Å². The predicted molar refractivity (Wildman–Crippen MR) is 72.9 cm³/mol. The van der Waals surface area contributed by atoms with Gasteiger partial charge in [0.15, 0.2) is 0 Å². The Kier molecular flexibility index (Phi) is 6.24. The summed E-state index contributed by atoms with van der Waals surface area (Å²) < 4.78 is 12.9. The lowest BCUT2D eigenvalue weighted by Crippen LogP contribution is -2.19.